The van der Waals surface area contributed by atoms with Crippen LogP contribution in [0.25, 0.3) is 0 Å². The molecule has 2 unspecified atom stereocenters. The highest BCUT2D eigenvalue weighted by Gasteiger charge is 2.26. The van der Waals surface area contributed by atoms with Gasteiger partial charge in [-0.3, -0.25) is 4.79 Å². The molecule has 0 radical (unpaired) electrons. The molecule has 0 bridgehead atoms. The minimum atomic E-state index is -0.426. The van der Waals surface area contributed by atoms with Crippen molar-refractivity contribution in [3.63, 3.8) is 0 Å². The summed E-state index contributed by atoms with van der Waals surface area (Å²) in [5, 5.41) is 2.85. The van der Waals surface area contributed by atoms with Crippen LogP contribution in [0, 0.1) is 0 Å². The lowest BCUT2D eigenvalue weighted by atomic mass is 10.1. The van der Waals surface area contributed by atoms with Gasteiger partial charge in [0.1, 0.15) is 0 Å². The Morgan fingerprint density at radius 1 is 1.29 bits per heavy atom. The molecule has 1 aromatic rings. The number of urea groups is 1. The molecule has 1 fully saturated rings. The van der Waals surface area contributed by atoms with Crippen LogP contribution in [0.5, 0.6) is 0 Å². The number of rotatable bonds is 3. The first-order chi connectivity index (χ1) is 9.95. The van der Waals surface area contributed by atoms with E-state index < -0.39 is 5.91 Å². The van der Waals surface area contributed by atoms with E-state index in [1.165, 1.54) is 0 Å². The molecule has 3 N–H and O–H groups in total. The van der Waals surface area contributed by atoms with Crippen molar-refractivity contribution >= 4 is 17.6 Å². The third-order valence-corrected chi connectivity index (χ3v) is 3.33. The Kier molecular flexibility index (Phi) is 4.80. The first-order valence-corrected chi connectivity index (χ1v) is 7.03. The van der Waals surface area contributed by atoms with Gasteiger partial charge in [-0.2, -0.15) is 0 Å². The summed E-state index contributed by atoms with van der Waals surface area (Å²) in [5.74, 6) is -0.426. The molecule has 1 aromatic carbocycles. The monoisotopic (exact) mass is 291 g/mol. The van der Waals surface area contributed by atoms with Gasteiger partial charge in [-0.05, 0) is 25.5 Å². The topological polar surface area (TPSA) is 84.7 Å². The number of nitrogens with two attached hydrogens (primary N) is 1. The lowest BCUT2D eigenvalue weighted by Gasteiger charge is -2.35. The minimum absolute atomic E-state index is 0.0142. The van der Waals surface area contributed by atoms with E-state index in [0.29, 0.717) is 24.3 Å². The Bertz CT molecular complexity index is 523. The molecule has 6 heteroatoms. The Morgan fingerprint density at radius 3 is 2.52 bits per heavy atom. The number of hydrogen-bond donors (Lipinski definition) is 2. The number of benzene rings is 1. The van der Waals surface area contributed by atoms with E-state index in [4.69, 9.17) is 10.5 Å². The lowest BCUT2D eigenvalue weighted by molar-refractivity contribution is -0.117. The zero-order chi connectivity index (χ0) is 15.4. The summed E-state index contributed by atoms with van der Waals surface area (Å²) in [4.78, 5) is 25.1. The maximum Gasteiger partial charge on any atom is 0.322 e. The number of nitrogens with zero attached hydrogens (tertiary/aromatic N) is 1. The lowest BCUT2D eigenvalue weighted by Crippen LogP contribution is -2.49. The van der Waals surface area contributed by atoms with Gasteiger partial charge in [0.2, 0.25) is 5.91 Å². The normalized spacial score (nSPS) is 21.9. The van der Waals surface area contributed by atoms with Crippen LogP contribution in [0.15, 0.2) is 24.3 Å². The van der Waals surface area contributed by atoms with E-state index in [2.05, 4.69) is 5.32 Å². The number of ether oxygens (including phenoxy) is 1. The summed E-state index contributed by atoms with van der Waals surface area (Å²) in [6, 6.07) is 6.99. The first kappa shape index (κ1) is 15.3. The zero-order valence-corrected chi connectivity index (χ0v) is 12.3. The number of carbonyl (C=O) groups is 2. The molecule has 3 amide bonds. The van der Waals surface area contributed by atoms with Gasteiger partial charge in [-0.15, -0.1) is 0 Å². The van der Waals surface area contributed by atoms with Crippen molar-refractivity contribution < 1.29 is 14.3 Å². The summed E-state index contributed by atoms with van der Waals surface area (Å²) in [5.41, 5.74) is 6.56. The number of amides is 3. The van der Waals surface area contributed by atoms with Crippen LogP contribution in [0.3, 0.4) is 0 Å². The number of morpholine rings is 1. The molecule has 2 rings (SSSR count). The van der Waals surface area contributed by atoms with E-state index in [1.54, 1.807) is 17.0 Å². The molecule has 1 aliphatic heterocycles. The van der Waals surface area contributed by atoms with Gasteiger partial charge in [0, 0.05) is 18.8 Å². The molecule has 1 saturated heterocycles. The molecule has 0 aromatic heterocycles. The van der Waals surface area contributed by atoms with E-state index >= 15 is 0 Å². The maximum absolute atomic E-state index is 12.3. The van der Waals surface area contributed by atoms with E-state index in [1.807, 2.05) is 26.0 Å². The van der Waals surface area contributed by atoms with Gasteiger partial charge < -0.3 is 20.7 Å². The molecular formula is C15H21N3O3. The van der Waals surface area contributed by atoms with Crippen LogP contribution in [0.4, 0.5) is 10.5 Å². The van der Waals surface area contributed by atoms with Crippen molar-refractivity contribution in [1.29, 1.82) is 0 Å². The van der Waals surface area contributed by atoms with Gasteiger partial charge in [0.05, 0.1) is 18.6 Å². The predicted molar refractivity (Wildman–Crippen MR) is 79.9 cm³/mol. The quantitative estimate of drug-likeness (QED) is 0.881. The molecule has 1 heterocycles. The van der Waals surface area contributed by atoms with Gasteiger partial charge in [-0.1, -0.05) is 18.2 Å². The largest absolute Gasteiger partial charge is 0.372 e. The average molecular weight is 291 g/mol. The molecule has 1 aliphatic rings. The Balaban J connectivity index is 2.07. The van der Waals surface area contributed by atoms with Crippen LogP contribution in [0.1, 0.15) is 19.4 Å². The molecule has 0 spiro atoms. The SMILES string of the molecule is CC1CN(C(=O)Nc2ccccc2CC(N)=O)CC(C)O1. The molecule has 114 valence electrons. The Labute approximate surface area is 124 Å². The first-order valence-electron chi connectivity index (χ1n) is 7.03. The summed E-state index contributed by atoms with van der Waals surface area (Å²) in [7, 11) is 0. The number of nitrogens with one attached hydrogen (secondary N) is 1. The third-order valence-electron chi connectivity index (χ3n) is 3.33. The second-order valence-corrected chi connectivity index (χ2v) is 5.39. The second kappa shape index (κ2) is 6.58. The molecule has 0 aliphatic carbocycles. The molecule has 6 nitrogen and oxygen atoms in total. The Hall–Kier alpha value is -2.08. The molecule has 2 atom stereocenters. The highest BCUT2D eigenvalue weighted by Crippen LogP contribution is 2.18. The van der Waals surface area contributed by atoms with E-state index in [9.17, 15) is 9.59 Å². The average Bonchev–Trinajstić information content (AvgIpc) is 2.39. The van der Waals surface area contributed by atoms with Gasteiger partial charge in [0.15, 0.2) is 0 Å². The maximum atomic E-state index is 12.3. The number of primary amides is 1. The fourth-order valence-electron chi connectivity index (χ4n) is 2.52. The predicted octanol–water partition coefficient (Wildman–Crippen LogP) is 1.36. The highest BCUT2D eigenvalue weighted by molar-refractivity contribution is 5.91. The standard InChI is InChI=1S/C15H21N3O3/c1-10-8-18(9-11(2)21-10)15(20)17-13-6-4-3-5-12(13)7-14(16)19/h3-6,10-11H,7-9H2,1-2H3,(H2,16,19)(H,17,20). The van der Waals surface area contributed by atoms with Crippen molar-refractivity contribution in [2.24, 2.45) is 5.73 Å². The van der Waals surface area contributed by atoms with Gasteiger partial charge in [0.25, 0.3) is 0 Å². The van der Waals surface area contributed by atoms with E-state index in [0.717, 1.165) is 0 Å². The summed E-state index contributed by atoms with van der Waals surface area (Å²) < 4.78 is 5.61. The molecule has 21 heavy (non-hydrogen) atoms. The highest BCUT2D eigenvalue weighted by atomic mass is 16.5. The molecular weight excluding hydrogens is 270 g/mol. The number of hydrogen-bond acceptors (Lipinski definition) is 3. The second-order valence-electron chi connectivity index (χ2n) is 5.39. The van der Waals surface area contributed by atoms with Gasteiger partial charge in [-0.25, -0.2) is 4.79 Å². The van der Waals surface area contributed by atoms with Crippen molar-refractivity contribution in [1.82, 2.24) is 4.90 Å². The Morgan fingerprint density at radius 2 is 1.90 bits per heavy atom. The van der Waals surface area contributed by atoms with Crippen LogP contribution in [-0.4, -0.2) is 42.1 Å². The van der Waals surface area contributed by atoms with Crippen molar-refractivity contribution in [3.05, 3.63) is 29.8 Å². The van der Waals surface area contributed by atoms with Gasteiger partial charge >= 0.3 is 6.03 Å². The third kappa shape index (κ3) is 4.19. The molecule has 0 saturated carbocycles. The van der Waals surface area contributed by atoms with Crippen molar-refractivity contribution in [3.8, 4) is 0 Å². The summed E-state index contributed by atoms with van der Waals surface area (Å²) in [6.45, 7) is 4.98. The van der Waals surface area contributed by atoms with Crippen LogP contribution in [-0.2, 0) is 16.0 Å². The fraction of sp³-hybridized carbons (Fsp3) is 0.467. The van der Waals surface area contributed by atoms with Crippen LogP contribution in [0.2, 0.25) is 0 Å². The number of para-hydroxylation sites is 1. The fourth-order valence-corrected chi connectivity index (χ4v) is 2.52. The summed E-state index contributed by atoms with van der Waals surface area (Å²) >= 11 is 0. The number of anilines is 1. The van der Waals surface area contributed by atoms with E-state index in [-0.39, 0.29) is 24.7 Å². The van der Waals surface area contributed by atoms with Crippen molar-refractivity contribution in [2.75, 3.05) is 18.4 Å². The van der Waals surface area contributed by atoms with Crippen LogP contribution < -0.4 is 11.1 Å². The zero-order valence-electron chi connectivity index (χ0n) is 12.3. The minimum Gasteiger partial charge on any atom is -0.372 e. The summed E-state index contributed by atoms with van der Waals surface area (Å²) in [6.07, 6.45) is 0.132. The van der Waals surface area contributed by atoms with Crippen molar-refractivity contribution in [2.45, 2.75) is 32.5 Å². The number of carbonyl (C=O) groups excluding carboxylic acids is 2. The van der Waals surface area contributed by atoms with Crippen LogP contribution >= 0.6 is 0 Å². The smallest absolute Gasteiger partial charge is 0.322 e.